The van der Waals surface area contributed by atoms with Crippen molar-refractivity contribution < 1.29 is 18.3 Å². The van der Waals surface area contributed by atoms with E-state index in [0.29, 0.717) is 23.9 Å². The van der Waals surface area contributed by atoms with Crippen molar-refractivity contribution >= 4 is 17.4 Å². The van der Waals surface area contributed by atoms with Gasteiger partial charge in [-0.15, -0.1) is 10.2 Å². The standard InChI is InChI=1S/C27H29ClF2N6O2/c1-37-22-3-2-6-31-25(22)35-14-26(15-35)8-18(9-26)24-33-32-23-11-34(16-27(29,30)19-12-38-13-19)10-17-7-20(28)4-5-21(17)36(23)24/h2-7,18-19H,8-16H2,1H3. The largest absolute Gasteiger partial charge is 0.493 e. The summed E-state index contributed by atoms with van der Waals surface area (Å²) < 4.78 is 42.5. The van der Waals surface area contributed by atoms with E-state index in [2.05, 4.69) is 24.6 Å². The summed E-state index contributed by atoms with van der Waals surface area (Å²) in [5, 5.41) is 9.70. The van der Waals surface area contributed by atoms with Crippen LogP contribution in [0.2, 0.25) is 5.02 Å². The first-order valence-electron chi connectivity index (χ1n) is 13.0. The highest BCUT2D eigenvalue weighted by Crippen LogP contribution is 2.57. The van der Waals surface area contributed by atoms with Gasteiger partial charge in [-0.05, 0) is 48.7 Å². The number of hydrogen-bond donors (Lipinski definition) is 0. The summed E-state index contributed by atoms with van der Waals surface area (Å²) in [6.45, 7) is 2.39. The molecule has 2 aromatic heterocycles. The Labute approximate surface area is 224 Å². The van der Waals surface area contributed by atoms with Gasteiger partial charge >= 0.3 is 0 Å². The van der Waals surface area contributed by atoms with Crippen molar-refractivity contribution in [1.29, 1.82) is 0 Å². The average molecular weight is 543 g/mol. The summed E-state index contributed by atoms with van der Waals surface area (Å²) >= 11 is 6.34. The molecule has 0 unspecified atom stereocenters. The molecule has 0 amide bonds. The van der Waals surface area contributed by atoms with Gasteiger partial charge in [0.2, 0.25) is 0 Å². The van der Waals surface area contributed by atoms with Crippen molar-refractivity contribution in [1.82, 2.24) is 24.6 Å². The van der Waals surface area contributed by atoms with Crippen molar-refractivity contribution in [2.75, 3.05) is 44.9 Å². The molecule has 3 fully saturated rings. The van der Waals surface area contributed by atoms with Gasteiger partial charge < -0.3 is 14.4 Å². The lowest BCUT2D eigenvalue weighted by molar-refractivity contribution is -0.179. The maximum atomic E-state index is 14.9. The molecule has 7 rings (SSSR count). The molecular formula is C27H29ClF2N6O2. The summed E-state index contributed by atoms with van der Waals surface area (Å²) in [4.78, 5) is 8.54. The van der Waals surface area contributed by atoms with Crippen LogP contribution < -0.4 is 9.64 Å². The number of aromatic nitrogens is 4. The van der Waals surface area contributed by atoms with Gasteiger partial charge in [0.1, 0.15) is 5.82 Å². The lowest BCUT2D eigenvalue weighted by Gasteiger charge is -2.59. The molecule has 38 heavy (non-hydrogen) atoms. The third-order valence-electron chi connectivity index (χ3n) is 8.51. The van der Waals surface area contributed by atoms with Gasteiger partial charge in [-0.2, -0.15) is 0 Å². The van der Waals surface area contributed by atoms with E-state index in [0.717, 1.165) is 54.6 Å². The van der Waals surface area contributed by atoms with Crippen LogP contribution in [0.3, 0.4) is 0 Å². The van der Waals surface area contributed by atoms with Crippen LogP contribution in [0.5, 0.6) is 5.75 Å². The Morgan fingerprint density at radius 2 is 1.97 bits per heavy atom. The molecule has 1 aromatic carbocycles. The number of hydrogen-bond acceptors (Lipinski definition) is 7. The fraction of sp³-hybridized carbons (Fsp3) is 0.519. The minimum atomic E-state index is -2.83. The number of ether oxygens (including phenoxy) is 2. The van der Waals surface area contributed by atoms with Crippen LogP contribution in [0.15, 0.2) is 36.5 Å². The number of nitrogens with zero attached hydrogens (tertiary/aromatic N) is 6. The number of anilines is 1. The Morgan fingerprint density at radius 1 is 1.16 bits per heavy atom. The maximum Gasteiger partial charge on any atom is 0.267 e. The van der Waals surface area contributed by atoms with Crippen LogP contribution in [0.1, 0.15) is 36.0 Å². The summed E-state index contributed by atoms with van der Waals surface area (Å²) in [6, 6.07) is 9.49. The van der Waals surface area contributed by atoms with E-state index in [1.165, 1.54) is 0 Å². The minimum Gasteiger partial charge on any atom is -0.493 e. The average Bonchev–Trinajstić information content (AvgIpc) is 3.12. The van der Waals surface area contributed by atoms with Crippen LogP contribution in [0.4, 0.5) is 14.6 Å². The molecule has 5 heterocycles. The van der Waals surface area contributed by atoms with E-state index in [4.69, 9.17) is 21.1 Å². The predicted octanol–water partition coefficient (Wildman–Crippen LogP) is 4.31. The van der Waals surface area contributed by atoms with Crippen molar-refractivity contribution in [3.63, 3.8) is 0 Å². The number of rotatable bonds is 6. The Hall–Kier alpha value is -2.82. The Morgan fingerprint density at radius 3 is 2.71 bits per heavy atom. The van der Waals surface area contributed by atoms with E-state index >= 15 is 0 Å². The molecule has 3 aromatic rings. The predicted molar refractivity (Wildman–Crippen MR) is 137 cm³/mol. The first-order chi connectivity index (χ1) is 18.3. The quantitative estimate of drug-likeness (QED) is 0.460. The van der Waals surface area contributed by atoms with Gasteiger partial charge in [-0.1, -0.05) is 11.6 Å². The number of fused-ring (bicyclic) bond motifs is 3. The first-order valence-corrected chi connectivity index (χ1v) is 13.4. The Kier molecular flexibility index (Phi) is 5.65. The van der Waals surface area contributed by atoms with Crippen LogP contribution in [0, 0.1) is 11.3 Å². The normalized spacial score (nSPS) is 21.2. The zero-order valence-electron chi connectivity index (χ0n) is 21.1. The molecular weight excluding hydrogens is 514 g/mol. The van der Waals surface area contributed by atoms with Crippen molar-refractivity contribution in [3.05, 3.63) is 58.8 Å². The highest BCUT2D eigenvalue weighted by molar-refractivity contribution is 6.30. The molecule has 200 valence electrons. The van der Waals surface area contributed by atoms with E-state index in [1.54, 1.807) is 18.2 Å². The van der Waals surface area contributed by atoms with Gasteiger partial charge in [0.25, 0.3) is 5.92 Å². The molecule has 2 saturated heterocycles. The molecule has 0 bridgehead atoms. The van der Waals surface area contributed by atoms with Gasteiger partial charge in [0.15, 0.2) is 17.4 Å². The number of methoxy groups -OCH3 is 1. The smallest absolute Gasteiger partial charge is 0.267 e. The van der Waals surface area contributed by atoms with Crippen LogP contribution in [0.25, 0.3) is 5.69 Å². The summed E-state index contributed by atoms with van der Waals surface area (Å²) in [6.07, 6.45) is 3.80. The second-order valence-corrected chi connectivity index (χ2v) is 11.7. The maximum absolute atomic E-state index is 14.9. The van der Waals surface area contributed by atoms with Crippen LogP contribution in [-0.4, -0.2) is 70.5 Å². The second kappa shape index (κ2) is 8.86. The highest BCUT2D eigenvalue weighted by atomic mass is 35.5. The van der Waals surface area contributed by atoms with Gasteiger partial charge in [0, 0.05) is 42.2 Å². The summed E-state index contributed by atoms with van der Waals surface area (Å²) in [7, 11) is 1.67. The lowest BCUT2D eigenvalue weighted by atomic mass is 9.57. The fourth-order valence-corrected chi connectivity index (χ4v) is 6.69. The number of pyridine rings is 1. The molecule has 3 aliphatic heterocycles. The Balaban J connectivity index is 1.12. The topological polar surface area (TPSA) is 68.5 Å². The highest BCUT2D eigenvalue weighted by Gasteiger charge is 2.55. The van der Waals surface area contributed by atoms with Crippen molar-refractivity contribution in [2.45, 2.75) is 37.8 Å². The van der Waals surface area contributed by atoms with Crippen molar-refractivity contribution in [3.8, 4) is 11.4 Å². The number of halogens is 3. The molecule has 1 saturated carbocycles. The zero-order chi connectivity index (χ0) is 26.1. The third kappa shape index (κ3) is 3.96. The van der Waals surface area contributed by atoms with Crippen LogP contribution >= 0.6 is 11.6 Å². The van der Waals surface area contributed by atoms with E-state index in [1.807, 2.05) is 30.3 Å². The molecule has 8 nitrogen and oxygen atoms in total. The summed E-state index contributed by atoms with van der Waals surface area (Å²) in [5.41, 5.74) is 2.06. The fourth-order valence-electron chi connectivity index (χ4n) is 6.49. The molecule has 0 N–H and O–H groups in total. The van der Waals surface area contributed by atoms with Gasteiger partial charge in [-0.3, -0.25) is 9.47 Å². The molecule has 0 atom stereocenters. The van der Waals surface area contributed by atoms with E-state index in [-0.39, 0.29) is 31.1 Å². The molecule has 1 spiro atoms. The van der Waals surface area contributed by atoms with E-state index in [9.17, 15) is 8.78 Å². The lowest BCUT2D eigenvalue weighted by Crippen LogP contribution is -2.62. The minimum absolute atomic E-state index is 0.109. The third-order valence-corrected chi connectivity index (χ3v) is 8.75. The number of benzene rings is 1. The molecule has 4 aliphatic rings. The molecule has 0 radical (unpaired) electrons. The Bertz CT molecular complexity index is 1370. The monoisotopic (exact) mass is 542 g/mol. The first kappa shape index (κ1) is 24.2. The zero-order valence-corrected chi connectivity index (χ0v) is 21.9. The summed E-state index contributed by atoms with van der Waals surface area (Å²) in [5.74, 6) is -0.0418. The van der Waals surface area contributed by atoms with E-state index < -0.39 is 11.8 Å². The number of alkyl halides is 2. The van der Waals surface area contributed by atoms with Crippen molar-refractivity contribution in [2.24, 2.45) is 11.3 Å². The van der Waals surface area contributed by atoms with Gasteiger partial charge in [0.05, 0.1) is 45.0 Å². The van der Waals surface area contributed by atoms with Gasteiger partial charge in [-0.25, -0.2) is 13.8 Å². The molecule has 11 heteroatoms. The SMILES string of the molecule is COc1cccnc1N1CC2(CC(c3nnc4n3-c3ccc(Cl)cc3CN(CC(F)(F)C3COC3)C4)C2)C1. The molecule has 1 aliphatic carbocycles. The second-order valence-electron chi connectivity index (χ2n) is 11.2. The van der Waals surface area contributed by atoms with Crippen LogP contribution in [-0.2, 0) is 17.8 Å².